The first-order valence-electron chi connectivity index (χ1n) is 11.8. The van der Waals surface area contributed by atoms with Gasteiger partial charge in [-0.2, -0.15) is 0 Å². The van der Waals surface area contributed by atoms with E-state index in [0.717, 1.165) is 42.4 Å². The van der Waals surface area contributed by atoms with Gasteiger partial charge in [0.25, 0.3) is 0 Å². The first kappa shape index (κ1) is 25.0. The number of ether oxygens (including phenoxy) is 2. The second-order valence-corrected chi connectivity index (χ2v) is 10.3. The first-order valence-corrected chi connectivity index (χ1v) is 12.9. The topological polar surface area (TPSA) is 59.1 Å². The second-order valence-electron chi connectivity index (χ2n) is 8.98. The third kappa shape index (κ3) is 6.52. The van der Waals surface area contributed by atoms with Gasteiger partial charge in [-0.3, -0.25) is 9.59 Å². The summed E-state index contributed by atoms with van der Waals surface area (Å²) < 4.78 is 13.2. The molecule has 1 atom stereocenters. The molecular formula is C26H30BrClN2O4. The van der Waals surface area contributed by atoms with Crippen LogP contribution in [0.1, 0.15) is 31.2 Å². The van der Waals surface area contributed by atoms with E-state index in [1.165, 1.54) is 0 Å². The molecule has 34 heavy (non-hydrogen) atoms. The minimum absolute atomic E-state index is 0.00718. The van der Waals surface area contributed by atoms with Crippen molar-refractivity contribution in [2.75, 3.05) is 39.4 Å². The number of rotatable bonds is 7. The van der Waals surface area contributed by atoms with Crippen LogP contribution in [0.5, 0.6) is 5.75 Å². The zero-order valence-electron chi connectivity index (χ0n) is 19.2. The van der Waals surface area contributed by atoms with Gasteiger partial charge in [0.15, 0.2) is 0 Å². The summed E-state index contributed by atoms with van der Waals surface area (Å²) in [5, 5.41) is 0.575. The molecule has 2 aliphatic heterocycles. The molecule has 8 heteroatoms. The highest BCUT2D eigenvalue weighted by atomic mass is 79.9. The van der Waals surface area contributed by atoms with Gasteiger partial charge in [-0.1, -0.05) is 51.8 Å². The van der Waals surface area contributed by atoms with Crippen LogP contribution in [0.3, 0.4) is 0 Å². The molecule has 0 aliphatic carbocycles. The van der Waals surface area contributed by atoms with E-state index in [9.17, 15) is 9.59 Å². The summed E-state index contributed by atoms with van der Waals surface area (Å²) in [5.41, 5.74) is 0.0164. The van der Waals surface area contributed by atoms with Crippen LogP contribution in [0, 0.1) is 0 Å². The number of morpholine rings is 1. The number of piperidine rings is 1. The highest BCUT2D eigenvalue weighted by Gasteiger charge is 2.42. The van der Waals surface area contributed by atoms with Crippen molar-refractivity contribution in [1.82, 2.24) is 9.80 Å². The first-order chi connectivity index (χ1) is 16.4. The Morgan fingerprint density at radius 1 is 1.00 bits per heavy atom. The molecule has 2 fully saturated rings. The Morgan fingerprint density at radius 2 is 1.79 bits per heavy atom. The third-order valence-corrected chi connectivity index (χ3v) is 7.39. The van der Waals surface area contributed by atoms with Gasteiger partial charge in [-0.05, 0) is 49.1 Å². The van der Waals surface area contributed by atoms with Gasteiger partial charge in [0.1, 0.15) is 18.0 Å². The fraction of sp³-hybridized carbons (Fsp3) is 0.462. The van der Waals surface area contributed by atoms with Crippen LogP contribution in [0.2, 0.25) is 5.02 Å². The van der Waals surface area contributed by atoms with Crippen LogP contribution >= 0.6 is 27.5 Å². The Balaban J connectivity index is 1.50. The average Bonchev–Trinajstić information content (AvgIpc) is 2.85. The van der Waals surface area contributed by atoms with Gasteiger partial charge >= 0.3 is 0 Å². The number of hydrogen-bond donors (Lipinski definition) is 0. The Kier molecular flexibility index (Phi) is 8.51. The number of hydrogen-bond acceptors (Lipinski definition) is 4. The van der Waals surface area contributed by atoms with Crippen molar-refractivity contribution >= 4 is 39.3 Å². The van der Waals surface area contributed by atoms with Crippen molar-refractivity contribution in [3.8, 4) is 5.75 Å². The molecule has 2 saturated heterocycles. The Bertz CT molecular complexity index is 1010. The fourth-order valence-electron chi connectivity index (χ4n) is 4.52. The summed E-state index contributed by atoms with van der Waals surface area (Å²) >= 11 is 9.64. The lowest BCUT2D eigenvalue weighted by Crippen LogP contribution is -2.58. The molecule has 182 valence electrons. The summed E-state index contributed by atoms with van der Waals surface area (Å²) in [5.74, 6) is 0.666. The van der Waals surface area contributed by atoms with E-state index in [4.69, 9.17) is 21.1 Å². The van der Waals surface area contributed by atoms with Gasteiger partial charge < -0.3 is 19.3 Å². The smallest absolute Gasteiger partial charge is 0.227 e. The zero-order valence-corrected chi connectivity index (χ0v) is 21.5. The predicted octanol–water partition coefficient (Wildman–Crippen LogP) is 4.72. The van der Waals surface area contributed by atoms with E-state index in [1.54, 1.807) is 17.0 Å². The lowest BCUT2D eigenvalue weighted by Gasteiger charge is -2.43. The fourth-order valence-corrected chi connectivity index (χ4v) is 5.13. The summed E-state index contributed by atoms with van der Waals surface area (Å²) in [6.45, 7) is 2.85. The Labute approximate surface area is 214 Å². The number of nitrogens with zero attached hydrogens (tertiary/aromatic N) is 2. The molecule has 0 radical (unpaired) electrons. The molecule has 0 bridgehead atoms. The number of benzene rings is 2. The van der Waals surface area contributed by atoms with Crippen molar-refractivity contribution in [1.29, 1.82) is 0 Å². The molecule has 2 aromatic carbocycles. The molecule has 2 heterocycles. The number of carbonyl (C=O) groups excluding carboxylic acids is 2. The zero-order chi connectivity index (χ0) is 24.0. The molecule has 6 nitrogen and oxygen atoms in total. The van der Waals surface area contributed by atoms with E-state index in [-0.39, 0.29) is 31.3 Å². The highest BCUT2D eigenvalue weighted by Crippen LogP contribution is 2.28. The molecule has 0 spiro atoms. The summed E-state index contributed by atoms with van der Waals surface area (Å²) in [6, 6.07) is 14.9. The lowest BCUT2D eigenvalue weighted by atomic mass is 9.95. The van der Waals surface area contributed by atoms with Crippen LogP contribution in [-0.2, 0) is 20.7 Å². The van der Waals surface area contributed by atoms with Crippen LogP contribution in [0.15, 0.2) is 53.0 Å². The molecule has 2 aromatic rings. The summed E-state index contributed by atoms with van der Waals surface area (Å²) in [4.78, 5) is 30.1. The number of carbonyl (C=O) groups is 2. The standard InChI is InChI=1S/C26H30BrClN2O4/c27-23-10-3-2-7-20(23)15-24(31)30-13-14-34-26(18-30,17-25(32)29-11-4-1-5-12-29)19-33-22-9-6-8-21(28)16-22/h2-3,6-10,16H,1,4-5,11-15,17-19H2/t26-/m0/s1. The van der Waals surface area contributed by atoms with Crippen molar-refractivity contribution in [3.63, 3.8) is 0 Å². The molecule has 4 rings (SSSR count). The Morgan fingerprint density at radius 3 is 2.56 bits per heavy atom. The van der Waals surface area contributed by atoms with E-state index in [2.05, 4.69) is 15.9 Å². The summed E-state index contributed by atoms with van der Waals surface area (Å²) in [7, 11) is 0. The number of amides is 2. The van der Waals surface area contributed by atoms with Gasteiger partial charge in [-0.25, -0.2) is 0 Å². The van der Waals surface area contributed by atoms with Crippen LogP contribution in [0.4, 0.5) is 0 Å². The lowest BCUT2D eigenvalue weighted by molar-refractivity contribution is -0.166. The minimum Gasteiger partial charge on any atom is -0.490 e. The quantitative estimate of drug-likeness (QED) is 0.501. The third-order valence-electron chi connectivity index (χ3n) is 6.38. The maximum atomic E-state index is 13.2. The minimum atomic E-state index is -0.918. The molecule has 0 saturated carbocycles. The molecule has 2 aliphatic rings. The van der Waals surface area contributed by atoms with Crippen LogP contribution < -0.4 is 4.74 Å². The predicted molar refractivity (Wildman–Crippen MR) is 135 cm³/mol. The van der Waals surface area contributed by atoms with Crippen molar-refractivity contribution in [3.05, 3.63) is 63.6 Å². The van der Waals surface area contributed by atoms with Gasteiger partial charge in [0, 0.05) is 29.1 Å². The second kappa shape index (κ2) is 11.6. The molecular weight excluding hydrogens is 520 g/mol. The average molecular weight is 550 g/mol. The summed E-state index contributed by atoms with van der Waals surface area (Å²) in [6.07, 6.45) is 3.66. The molecule has 2 amide bonds. The van der Waals surface area contributed by atoms with Gasteiger partial charge in [0.2, 0.25) is 11.8 Å². The molecule has 0 unspecified atom stereocenters. The number of likely N-dealkylation sites (tertiary alicyclic amines) is 1. The van der Waals surface area contributed by atoms with Crippen molar-refractivity contribution in [2.24, 2.45) is 0 Å². The van der Waals surface area contributed by atoms with E-state index in [0.29, 0.717) is 30.5 Å². The Hall–Kier alpha value is -2.09. The maximum Gasteiger partial charge on any atom is 0.227 e. The normalized spacial score (nSPS) is 20.8. The molecule has 0 aromatic heterocycles. The largest absolute Gasteiger partial charge is 0.490 e. The van der Waals surface area contributed by atoms with Crippen LogP contribution in [0.25, 0.3) is 0 Å². The number of halogens is 2. The van der Waals surface area contributed by atoms with Crippen LogP contribution in [-0.4, -0.2) is 66.6 Å². The SMILES string of the molecule is O=C(C[C@@]1(COc2cccc(Cl)c2)CN(C(=O)Cc2ccccc2Br)CCO1)N1CCCCC1. The van der Waals surface area contributed by atoms with E-state index in [1.807, 2.05) is 41.3 Å². The van der Waals surface area contributed by atoms with E-state index < -0.39 is 5.60 Å². The highest BCUT2D eigenvalue weighted by molar-refractivity contribution is 9.10. The van der Waals surface area contributed by atoms with Crippen molar-refractivity contribution < 1.29 is 19.1 Å². The van der Waals surface area contributed by atoms with Gasteiger partial charge in [-0.15, -0.1) is 0 Å². The molecule has 0 N–H and O–H groups in total. The maximum absolute atomic E-state index is 13.2. The van der Waals surface area contributed by atoms with Crippen molar-refractivity contribution in [2.45, 2.75) is 37.7 Å². The van der Waals surface area contributed by atoms with Gasteiger partial charge in [0.05, 0.1) is 26.0 Å². The monoisotopic (exact) mass is 548 g/mol. The van der Waals surface area contributed by atoms with E-state index >= 15 is 0 Å².